The maximum atomic E-state index is 4.51. The van der Waals surface area contributed by atoms with Crippen LogP contribution in [-0.2, 0) is 13.1 Å². The van der Waals surface area contributed by atoms with Crippen molar-refractivity contribution in [1.29, 1.82) is 0 Å². The van der Waals surface area contributed by atoms with E-state index in [0.717, 1.165) is 25.4 Å². The molecular formula is C11H12N2S. The minimum absolute atomic E-state index is 0.993. The van der Waals surface area contributed by atoms with Crippen LogP contribution in [0.25, 0.3) is 0 Å². The summed E-state index contributed by atoms with van der Waals surface area (Å²) in [6.07, 6.45) is 0. The van der Waals surface area contributed by atoms with Crippen LogP contribution in [0.5, 0.6) is 0 Å². The summed E-state index contributed by atoms with van der Waals surface area (Å²) in [7, 11) is 0. The lowest BCUT2D eigenvalue weighted by Crippen LogP contribution is -2.20. The topological polar surface area (TPSA) is 15.6 Å². The molecule has 2 nitrogen and oxygen atoms in total. The molecule has 0 saturated carbocycles. The number of hydrogen-bond donors (Lipinski definition) is 0. The van der Waals surface area contributed by atoms with Crippen molar-refractivity contribution in [3.63, 3.8) is 0 Å². The zero-order valence-corrected chi connectivity index (χ0v) is 8.76. The van der Waals surface area contributed by atoms with E-state index in [1.165, 1.54) is 16.3 Å². The molecule has 1 aromatic rings. The number of amidine groups is 1. The van der Waals surface area contributed by atoms with Crippen molar-refractivity contribution >= 4 is 16.9 Å². The molecule has 0 aromatic heterocycles. The number of hydrogen-bond acceptors (Lipinski definition) is 3. The second kappa shape index (κ2) is 3.31. The van der Waals surface area contributed by atoms with Crippen molar-refractivity contribution in [3.05, 3.63) is 35.4 Å². The minimum atomic E-state index is 0.993. The lowest BCUT2D eigenvalue weighted by molar-refractivity contribution is 0.456. The first kappa shape index (κ1) is 8.36. The third kappa shape index (κ3) is 1.32. The Morgan fingerprint density at radius 1 is 1.14 bits per heavy atom. The highest BCUT2D eigenvalue weighted by molar-refractivity contribution is 8.14. The summed E-state index contributed by atoms with van der Waals surface area (Å²) in [4.78, 5) is 6.88. The van der Waals surface area contributed by atoms with E-state index in [0.29, 0.717) is 0 Å². The number of nitrogens with zero attached hydrogens (tertiary/aromatic N) is 2. The molecule has 0 saturated heterocycles. The molecule has 2 aliphatic heterocycles. The van der Waals surface area contributed by atoms with Crippen LogP contribution in [-0.4, -0.2) is 22.4 Å². The van der Waals surface area contributed by atoms with Gasteiger partial charge in [-0.05, 0) is 11.1 Å². The number of fused-ring (bicyclic) bond motifs is 1. The second-order valence-corrected chi connectivity index (χ2v) is 4.70. The fourth-order valence-electron chi connectivity index (χ4n) is 1.98. The van der Waals surface area contributed by atoms with Gasteiger partial charge in [-0.15, -0.1) is 0 Å². The van der Waals surface area contributed by atoms with Crippen LogP contribution >= 0.6 is 11.8 Å². The van der Waals surface area contributed by atoms with E-state index < -0.39 is 0 Å². The zero-order chi connectivity index (χ0) is 9.38. The molecule has 0 spiro atoms. The molecule has 14 heavy (non-hydrogen) atoms. The van der Waals surface area contributed by atoms with Crippen LogP contribution in [0.4, 0.5) is 0 Å². The van der Waals surface area contributed by atoms with Gasteiger partial charge in [-0.25, -0.2) is 0 Å². The first-order chi connectivity index (χ1) is 6.93. The molecule has 2 aliphatic rings. The average Bonchev–Trinajstić information content (AvgIpc) is 2.86. The van der Waals surface area contributed by atoms with Crippen LogP contribution in [0.3, 0.4) is 0 Å². The fourth-order valence-corrected chi connectivity index (χ4v) is 2.84. The Kier molecular flexibility index (Phi) is 1.98. The van der Waals surface area contributed by atoms with Gasteiger partial charge in [0.2, 0.25) is 0 Å². The van der Waals surface area contributed by atoms with Crippen LogP contribution < -0.4 is 0 Å². The van der Waals surface area contributed by atoms with Gasteiger partial charge in [0.25, 0.3) is 0 Å². The summed E-state index contributed by atoms with van der Waals surface area (Å²) in [5.74, 6) is 1.15. The highest BCUT2D eigenvalue weighted by atomic mass is 32.2. The molecule has 0 aliphatic carbocycles. The normalized spacial score (nSPS) is 19.7. The molecule has 72 valence electrons. The molecule has 0 bridgehead atoms. The molecule has 0 atom stereocenters. The molecule has 2 heterocycles. The van der Waals surface area contributed by atoms with Gasteiger partial charge in [0.1, 0.15) is 0 Å². The molecule has 3 rings (SSSR count). The van der Waals surface area contributed by atoms with E-state index >= 15 is 0 Å². The van der Waals surface area contributed by atoms with Crippen molar-refractivity contribution in [2.75, 3.05) is 12.3 Å². The van der Waals surface area contributed by atoms with E-state index in [-0.39, 0.29) is 0 Å². The van der Waals surface area contributed by atoms with Crippen molar-refractivity contribution in [2.45, 2.75) is 13.1 Å². The highest BCUT2D eigenvalue weighted by Crippen LogP contribution is 2.27. The summed E-state index contributed by atoms with van der Waals surface area (Å²) in [6, 6.07) is 8.67. The Balaban J connectivity index is 1.84. The van der Waals surface area contributed by atoms with E-state index in [1.807, 2.05) is 11.8 Å². The summed E-state index contributed by atoms with van der Waals surface area (Å²) in [5.41, 5.74) is 2.92. The van der Waals surface area contributed by atoms with E-state index in [9.17, 15) is 0 Å². The highest BCUT2D eigenvalue weighted by Gasteiger charge is 2.23. The molecule has 1 aromatic carbocycles. The van der Waals surface area contributed by atoms with Gasteiger partial charge in [0.05, 0.1) is 6.54 Å². The third-order valence-corrected chi connectivity index (χ3v) is 3.71. The standard InChI is InChI=1S/C11H12N2S/c1-2-4-10-8-13(7-9(10)3-1)11-12-5-6-14-11/h1-4H,5-8H2. The zero-order valence-electron chi connectivity index (χ0n) is 7.94. The predicted molar refractivity (Wildman–Crippen MR) is 60.4 cm³/mol. The van der Waals surface area contributed by atoms with Crippen LogP contribution in [0.2, 0.25) is 0 Å². The van der Waals surface area contributed by atoms with Gasteiger partial charge in [-0.3, -0.25) is 4.99 Å². The molecule has 0 amide bonds. The Morgan fingerprint density at radius 2 is 1.86 bits per heavy atom. The lowest BCUT2D eigenvalue weighted by atomic mass is 10.1. The van der Waals surface area contributed by atoms with Gasteiger partial charge >= 0.3 is 0 Å². The monoisotopic (exact) mass is 204 g/mol. The smallest absolute Gasteiger partial charge is 0.159 e. The molecular weight excluding hydrogens is 192 g/mol. The van der Waals surface area contributed by atoms with Gasteiger partial charge < -0.3 is 4.90 Å². The summed E-state index contributed by atoms with van der Waals surface area (Å²) in [6.45, 7) is 3.08. The van der Waals surface area contributed by atoms with Crippen molar-refractivity contribution < 1.29 is 0 Å². The molecule has 0 unspecified atom stereocenters. The molecule has 0 fully saturated rings. The lowest BCUT2D eigenvalue weighted by Gasteiger charge is -2.15. The quantitative estimate of drug-likeness (QED) is 0.643. The summed E-state index contributed by atoms with van der Waals surface area (Å²) < 4.78 is 0. The Morgan fingerprint density at radius 3 is 2.43 bits per heavy atom. The molecule has 0 radical (unpaired) electrons. The van der Waals surface area contributed by atoms with Crippen LogP contribution in [0.15, 0.2) is 29.3 Å². The van der Waals surface area contributed by atoms with Gasteiger partial charge in [0, 0.05) is 18.8 Å². The van der Waals surface area contributed by atoms with E-state index in [1.54, 1.807) is 0 Å². The number of thioether (sulfide) groups is 1. The Hall–Kier alpha value is -0.960. The maximum absolute atomic E-state index is 4.51. The summed E-state index contributed by atoms with van der Waals surface area (Å²) >= 11 is 1.89. The van der Waals surface area contributed by atoms with Crippen LogP contribution in [0.1, 0.15) is 11.1 Å². The first-order valence-corrected chi connectivity index (χ1v) is 5.91. The van der Waals surface area contributed by atoms with Crippen LogP contribution in [0, 0.1) is 0 Å². The van der Waals surface area contributed by atoms with Crippen molar-refractivity contribution in [2.24, 2.45) is 4.99 Å². The van der Waals surface area contributed by atoms with Crippen molar-refractivity contribution in [1.82, 2.24) is 4.90 Å². The van der Waals surface area contributed by atoms with Gasteiger partial charge in [0.15, 0.2) is 5.17 Å². The number of aliphatic imine (C=N–C) groups is 1. The number of benzene rings is 1. The third-order valence-electron chi connectivity index (χ3n) is 2.68. The van der Waals surface area contributed by atoms with E-state index in [4.69, 9.17) is 0 Å². The van der Waals surface area contributed by atoms with E-state index in [2.05, 4.69) is 34.2 Å². The number of rotatable bonds is 0. The SMILES string of the molecule is c1ccc2c(c1)CN(C1=NCCS1)C2. The first-order valence-electron chi connectivity index (χ1n) is 4.92. The Bertz CT molecular complexity index is 362. The fraction of sp³-hybridized carbons (Fsp3) is 0.364. The summed E-state index contributed by atoms with van der Waals surface area (Å²) in [5, 5.41) is 1.24. The van der Waals surface area contributed by atoms with Crippen molar-refractivity contribution in [3.8, 4) is 0 Å². The average molecular weight is 204 g/mol. The van der Waals surface area contributed by atoms with Gasteiger partial charge in [-0.1, -0.05) is 36.0 Å². The second-order valence-electron chi connectivity index (χ2n) is 3.64. The van der Waals surface area contributed by atoms with Gasteiger partial charge in [-0.2, -0.15) is 0 Å². The predicted octanol–water partition coefficient (Wildman–Crippen LogP) is 2.10. The largest absolute Gasteiger partial charge is 0.343 e. The molecule has 3 heteroatoms. The molecule has 0 N–H and O–H groups in total. The Labute approximate surface area is 88.0 Å². The maximum Gasteiger partial charge on any atom is 0.159 e. The minimum Gasteiger partial charge on any atom is -0.343 e.